The van der Waals surface area contributed by atoms with Gasteiger partial charge in [0.2, 0.25) is 0 Å². The first kappa shape index (κ1) is 19.3. The fourth-order valence-electron chi connectivity index (χ4n) is 3.85. The van der Waals surface area contributed by atoms with Crippen LogP contribution in [0.5, 0.6) is 0 Å². The number of aromatic nitrogens is 2. The Kier molecular flexibility index (Phi) is 5.90. The van der Waals surface area contributed by atoms with E-state index in [1.54, 1.807) is 17.7 Å². The molecule has 28 heavy (non-hydrogen) atoms. The Morgan fingerprint density at radius 2 is 1.86 bits per heavy atom. The molecule has 1 N–H and O–H groups in total. The number of piperazine rings is 1. The molecule has 6 heteroatoms. The molecule has 0 spiro atoms. The molecule has 1 fully saturated rings. The number of fused-ring (bicyclic) bond motifs is 1. The van der Waals surface area contributed by atoms with Crippen LogP contribution in [0.2, 0.25) is 0 Å². The van der Waals surface area contributed by atoms with Gasteiger partial charge < -0.3 is 10.2 Å². The molecule has 2 aromatic heterocycles. The SMILES string of the molecule is CCN1CCN([C@H](C)CNc2ncnc3scc(-c4ccc(C)cc4)c23)CC1. The lowest BCUT2D eigenvalue weighted by Crippen LogP contribution is -2.51. The van der Waals surface area contributed by atoms with Crippen molar-refractivity contribution in [3.8, 4) is 11.1 Å². The van der Waals surface area contributed by atoms with Gasteiger partial charge in [-0.05, 0) is 26.0 Å². The number of hydrogen-bond donors (Lipinski definition) is 1. The maximum Gasteiger partial charge on any atom is 0.138 e. The highest BCUT2D eigenvalue weighted by Gasteiger charge is 2.21. The number of likely N-dealkylation sites (N-methyl/N-ethyl adjacent to an activating group) is 1. The highest BCUT2D eigenvalue weighted by atomic mass is 32.1. The molecule has 1 aliphatic rings. The first-order valence-corrected chi connectivity index (χ1v) is 11.0. The summed E-state index contributed by atoms with van der Waals surface area (Å²) < 4.78 is 0. The van der Waals surface area contributed by atoms with Crippen LogP contribution in [0.25, 0.3) is 21.3 Å². The van der Waals surface area contributed by atoms with Crippen LogP contribution in [-0.4, -0.2) is 65.1 Å². The number of thiophene rings is 1. The molecule has 3 heterocycles. The highest BCUT2D eigenvalue weighted by molar-refractivity contribution is 7.17. The quantitative estimate of drug-likeness (QED) is 0.681. The van der Waals surface area contributed by atoms with E-state index in [4.69, 9.17) is 0 Å². The third-order valence-corrected chi connectivity index (χ3v) is 6.66. The molecular formula is C22H29N5S. The molecule has 0 unspecified atom stereocenters. The summed E-state index contributed by atoms with van der Waals surface area (Å²) in [6.07, 6.45) is 1.67. The van der Waals surface area contributed by atoms with Gasteiger partial charge in [0.1, 0.15) is 17.0 Å². The Morgan fingerprint density at radius 3 is 2.57 bits per heavy atom. The summed E-state index contributed by atoms with van der Waals surface area (Å²) in [7, 11) is 0. The van der Waals surface area contributed by atoms with Crippen LogP contribution in [0.1, 0.15) is 19.4 Å². The molecule has 1 aromatic carbocycles. The zero-order valence-electron chi connectivity index (χ0n) is 17.0. The Morgan fingerprint density at radius 1 is 1.11 bits per heavy atom. The van der Waals surface area contributed by atoms with Crippen LogP contribution in [0.3, 0.4) is 0 Å². The normalized spacial score (nSPS) is 17.1. The van der Waals surface area contributed by atoms with Crippen molar-refractivity contribution >= 4 is 27.4 Å². The lowest BCUT2D eigenvalue weighted by Gasteiger charge is -2.37. The number of benzene rings is 1. The fourth-order valence-corrected chi connectivity index (χ4v) is 4.76. The van der Waals surface area contributed by atoms with E-state index in [0.717, 1.165) is 42.2 Å². The van der Waals surface area contributed by atoms with Gasteiger partial charge in [-0.15, -0.1) is 11.3 Å². The monoisotopic (exact) mass is 395 g/mol. The second-order valence-electron chi connectivity index (χ2n) is 7.62. The molecule has 1 aliphatic heterocycles. The minimum absolute atomic E-state index is 0.477. The summed E-state index contributed by atoms with van der Waals surface area (Å²) in [5.74, 6) is 0.945. The van der Waals surface area contributed by atoms with Gasteiger partial charge in [0.15, 0.2) is 0 Å². The van der Waals surface area contributed by atoms with Crippen molar-refractivity contribution in [1.82, 2.24) is 19.8 Å². The maximum atomic E-state index is 4.58. The van der Waals surface area contributed by atoms with E-state index in [9.17, 15) is 0 Å². The summed E-state index contributed by atoms with van der Waals surface area (Å²) in [5.41, 5.74) is 3.71. The Balaban J connectivity index is 1.51. The average molecular weight is 396 g/mol. The lowest BCUT2D eigenvalue weighted by molar-refractivity contribution is 0.110. The van der Waals surface area contributed by atoms with Crippen molar-refractivity contribution in [3.05, 3.63) is 41.5 Å². The van der Waals surface area contributed by atoms with Crippen molar-refractivity contribution in [2.75, 3.05) is 44.6 Å². The summed E-state index contributed by atoms with van der Waals surface area (Å²) in [6, 6.07) is 9.17. The van der Waals surface area contributed by atoms with Crippen LogP contribution in [0, 0.1) is 6.92 Å². The van der Waals surface area contributed by atoms with Gasteiger partial charge in [-0.2, -0.15) is 0 Å². The van der Waals surface area contributed by atoms with Crippen LogP contribution in [-0.2, 0) is 0 Å². The van der Waals surface area contributed by atoms with E-state index in [1.807, 2.05) is 0 Å². The minimum atomic E-state index is 0.477. The molecule has 1 saturated heterocycles. The van der Waals surface area contributed by atoms with Crippen molar-refractivity contribution in [1.29, 1.82) is 0 Å². The molecule has 0 amide bonds. The standard InChI is InChI=1S/C22H29N5S/c1-4-26-9-11-27(12-10-26)17(3)13-23-21-20-19(14-28-22(20)25-15-24-21)18-7-5-16(2)6-8-18/h5-8,14-15,17H,4,9-13H2,1-3H3,(H,23,24,25)/t17-/m1/s1. The first-order chi connectivity index (χ1) is 13.7. The van der Waals surface area contributed by atoms with Crippen LogP contribution < -0.4 is 5.32 Å². The number of hydrogen-bond acceptors (Lipinski definition) is 6. The molecule has 0 aliphatic carbocycles. The van der Waals surface area contributed by atoms with Crippen molar-refractivity contribution in [2.24, 2.45) is 0 Å². The molecular weight excluding hydrogens is 366 g/mol. The van der Waals surface area contributed by atoms with E-state index in [1.165, 1.54) is 29.8 Å². The maximum absolute atomic E-state index is 4.58. The number of anilines is 1. The predicted octanol–water partition coefficient (Wildman–Crippen LogP) is 4.10. The molecule has 0 saturated carbocycles. The summed E-state index contributed by atoms with van der Waals surface area (Å²) in [5, 5.41) is 6.95. The van der Waals surface area contributed by atoms with E-state index in [0.29, 0.717) is 6.04 Å². The van der Waals surface area contributed by atoms with Crippen molar-refractivity contribution in [3.63, 3.8) is 0 Å². The van der Waals surface area contributed by atoms with Gasteiger partial charge in [-0.25, -0.2) is 9.97 Å². The predicted molar refractivity (Wildman–Crippen MR) is 119 cm³/mol. The summed E-state index contributed by atoms with van der Waals surface area (Å²) in [4.78, 5) is 15.2. The van der Waals surface area contributed by atoms with Crippen LogP contribution in [0.4, 0.5) is 5.82 Å². The number of nitrogens with zero attached hydrogens (tertiary/aromatic N) is 4. The van der Waals surface area contributed by atoms with E-state index in [2.05, 4.69) is 75.5 Å². The van der Waals surface area contributed by atoms with E-state index < -0.39 is 0 Å². The molecule has 5 nitrogen and oxygen atoms in total. The average Bonchev–Trinajstić information content (AvgIpc) is 3.17. The van der Waals surface area contributed by atoms with Gasteiger partial charge in [0.05, 0.1) is 5.39 Å². The van der Waals surface area contributed by atoms with Gasteiger partial charge in [0, 0.05) is 49.7 Å². The van der Waals surface area contributed by atoms with Gasteiger partial charge in [0.25, 0.3) is 0 Å². The zero-order chi connectivity index (χ0) is 19.5. The van der Waals surface area contributed by atoms with E-state index in [-0.39, 0.29) is 0 Å². The minimum Gasteiger partial charge on any atom is -0.368 e. The summed E-state index contributed by atoms with van der Waals surface area (Å²) in [6.45, 7) is 13.3. The third kappa shape index (κ3) is 4.04. The second-order valence-corrected chi connectivity index (χ2v) is 8.48. The number of aryl methyl sites for hydroxylation is 1. The highest BCUT2D eigenvalue weighted by Crippen LogP contribution is 2.36. The van der Waals surface area contributed by atoms with Crippen molar-refractivity contribution in [2.45, 2.75) is 26.8 Å². The third-order valence-electron chi connectivity index (χ3n) is 5.78. The molecule has 0 bridgehead atoms. The lowest BCUT2D eigenvalue weighted by atomic mass is 10.0. The zero-order valence-corrected chi connectivity index (χ0v) is 17.8. The van der Waals surface area contributed by atoms with E-state index >= 15 is 0 Å². The molecule has 1 atom stereocenters. The second kappa shape index (κ2) is 8.55. The molecule has 148 valence electrons. The summed E-state index contributed by atoms with van der Waals surface area (Å²) >= 11 is 1.69. The topological polar surface area (TPSA) is 44.3 Å². The van der Waals surface area contributed by atoms with Crippen molar-refractivity contribution < 1.29 is 0 Å². The van der Waals surface area contributed by atoms with Gasteiger partial charge in [-0.1, -0.05) is 36.8 Å². The largest absolute Gasteiger partial charge is 0.368 e. The number of rotatable bonds is 6. The smallest absolute Gasteiger partial charge is 0.138 e. The van der Waals surface area contributed by atoms with Crippen LogP contribution >= 0.6 is 11.3 Å². The molecule has 3 aromatic rings. The Hall–Kier alpha value is -2.02. The fraction of sp³-hybridized carbons (Fsp3) is 0.455. The Bertz CT molecular complexity index is 912. The molecule has 0 radical (unpaired) electrons. The number of nitrogens with one attached hydrogen (secondary N) is 1. The first-order valence-electron chi connectivity index (χ1n) is 10.1. The van der Waals surface area contributed by atoms with Crippen LogP contribution in [0.15, 0.2) is 36.0 Å². The van der Waals surface area contributed by atoms with Gasteiger partial charge in [-0.3, -0.25) is 4.90 Å². The molecule has 4 rings (SSSR count). The Labute approximate surface area is 171 Å². The van der Waals surface area contributed by atoms with Gasteiger partial charge >= 0.3 is 0 Å².